The van der Waals surface area contributed by atoms with Crippen molar-refractivity contribution in [1.29, 1.82) is 0 Å². The first-order valence-electron chi connectivity index (χ1n) is 11.2. The summed E-state index contributed by atoms with van der Waals surface area (Å²) in [5.74, 6) is -1.84. The van der Waals surface area contributed by atoms with Crippen molar-refractivity contribution in [2.24, 2.45) is 0 Å². The van der Waals surface area contributed by atoms with Crippen molar-refractivity contribution in [3.8, 4) is 0 Å². The maximum Gasteiger partial charge on any atom is 0.295 e. The highest BCUT2D eigenvalue weighted by atomic mass is 32.2. The summed E-state index contributed by atoms with van der Waals surface area (Å²) in [6.45, 7) is 3.56. The van der Waals surface area contributed by atoms with Gasteiger partial charge in [-0.25, -0.2) is 12.7 Å². The fraction of sp³-hybridized carbons (Fsp3) is 0.375. The second-order valence-electron chi connectivity index (χ2n) is 8.54. The van der Waals surface area contributed by atoms with Crippen molar-refractivity contribution in [2.45, 2.75) is 10.9 Å². The maximum absolute atomic E-state index is 13.1. The molecule has 10 nitrogen and oxygen atoms in total. The number of nitrogens with zero attached hydrogens (tertiary/aromatic N) is 4. The van der Waals surface area contributed by atoms with Crippen LogP contribution in [-0.4, -0.2) is 97.8 Å². The Labute approximate surface area is 204 Å². The van der Waals surface area contributed by atoms with Crippen LogP contribution in [0.4, 0.5) is 0 Å². The molecular weight excluding hydrogens is 472 g/mol. The number of morpholine rings is 1. The van der Waals surface area contributed by atoms with Crippen molar-refractivity contribution < 1.29 is 27.9 Å². The highest BCUT2D eigenvalue weighted by molar-refractivity contribution is 7.89. The van der Waals surface area contributed by atoms with E-state index in [0.29, 0.717) is 31.9 Å². The molecule has 0 spiro atoms. The van der Waals surface area contributed by atoms with Gasteiger partial charge in [0.15, 0.2) is 0 Å². The first kappa shape index (κ1) is 25.0. The number of hydrogen-bond donors (Lipinski definition) is 1. The summed E-state index contributed by atoms with van der Waals surface area (Å²) in [6, 6.07) is 8.22. The molecule has 1 N–H and O–H groups in total. The number of carbonyl (C=O) groups excluding carboxylic acids is 2. The number of ketones is 1. The number of aliphatic hydroxyl groups is 1. The zero-order valence-corrected chi connectivity index (χ0v) is 20.4. The number of aromatic nitrogens is 1. The molecule has 35 heavy (non-hydrogen) atoms. The van der Waals surface area contributed by atoms with Crippen molar-refractivity contribution in [1.82, 2.24) is 19.1 Å². The highest BCUT2D eigenvalue weighted by Crippen LogP contribution is 2.39. The molecule has 0 radical (unpaired) electrons. The summed E-state index contributed by atoms with van der Waals surface area (Å²) in [6.07, 6.45) is 3.16. The van der Waals surface area contributed by atoms with Crippen LogP contribution in [0, 0.1) is 0 Å². The number of pyridine rings is 1. The Bertz CT molecular complexity index is 1220. The number of hydrogen-bond acceptors (Lipinski definition) is 8. The molecule has 2 aliphatic rings. The monoisotopic (exact) mass is 500 g/mol. The third kappa shape index (κ3) is 4.98. The quantitative estimate of drug-likeness (QED) is 0.341. The molecule has 2 saturated heterocycles. The number of benzene rings is 1. The number of amides is 1. The molecule has 1 amide bonds. The molecule has 0 saturated carbocycles. The van der Waals surface area contributed by atoms with Crippen LogP contribution in [0.5, 0.6) is 0 Å². The van der Waals surface area contributed by atoms with Gasteiger partial charge in [0, 0.05) is 58.2 Å². The van der Waals surface area contributed by atoms with E-state index in [1.54, 1.807) is 24.5 Å². The predicted molar refractivity (Wildman–Crippen MR) is 128 cm³/mol. The lowest BCUT2D eigenvalue weighted by Gasteiger charge is -2.30. The van der Waals surface area contributed by atoms with Gasteiger partial charge >= 0.3 is 0 Å². The minimum Gasteiger partial charge on any atom is -0.507 e. The number of aliphatic hydroxyl groups excluding tert-OH is 1. The minimum atomic E-state index is -3.65. The van der Waals surface area contributed by atoms with E-state index in [1.165, 1.54) is 43.3 Å². The number of ether oxygens (including phenoxy) is 1. The minimum absolute atomic E-state index is 0.0480. The van der Waals surface area contributed by atoms with Crippen molar-refractivity contribution in [2.75, 3.05) is 53.5 Å². The standard InChI is InChI=1S/C24H28N4O6S/c1-26(2)35(32,33)19-7-5-17(6-8-19)22(29)20-21(18-4-3-9-25-16-18)28(24(31)23(20)30)11-10-27-12-14-34-15-13-27/h3-9,16,21,29H,10-15H2,1-2H3/t21-/m0/s1. The first-order valence-corrected chi connectivity index (χ1v) is 12.7. The lowest BCUT2D eigenvalue weighted by molar-refractivity contribution is -0.140. The van der Waals surface area contributed by atoms with Gasteiger partial charge in [-0.3, -0.25) is 19.5 Å². The SMILES string of the molecule is CN(C)S(=O)(=O)c1ccc(C(O)=C2C(=O)C(=O)N(CCN3CCOCC3)[C@H]2c2cccnc2)cc1. The fourth-order valence-electron chi connectivity index (χ4n) is 4.22. The molecule has 1 aromatic heterocycles. The average molecular weight is 501 g/mol. The van der Waals surface area contributed by atoms with Gasteiger partial charge in [0.1, 0.15) is 5.76 Å². The van der Waals surface area contributed by atoms with Gasteiger partial charge in [0.25, 0.3) is 11.7 Å². The van der Waals surface area contributed by atoms with E-state index < -0.39 is 27.8 Å². The molecule has 0 bridgehead atoms. The first-order chi connectivity index (χ1) is 16.7. The molecule has 2 aromatic rings. The van der Waals surface area contributed by atoms with Gasteiger partial charge in [-0.2, -0.15) is 0 Å². The lowest BCUT2D eigenvalue weighted by atomic mass is 9.96. The Hall–Kier alpha value is -3.12. The predicted octanol–water partition coefficient (Wildman–Crippen LogP) is 1.09. The Morgan fingerprint density at radius 2 is 1.80 bits per heavy atom. The Balaban J connectivity index is 1.71. The molecule has 1 atom stereocenters. The van der Waals surface area contributed by atoms with Gasteiger partial charge < -0.3 is 14.7 Å². The number of Topliss-reactive ketones (excluding diaryl/α,β-unsaturated/α-hetero) is 1. The van der Waals surface area contributed by atoms with E-state index in [1.807, 2.05) is 0 Å². The Morgan fingerprint density at radius 1 is 1.11 bits per heavy atom. The largest absolute Gasteiger partial charge is 0.507 e. The van der Waals surface area contributed by atoms with Crippen molar-refractivity contribution in [3.05, 3.63) is 65.5 Å². The zero-order valence-electron chi connectivity index (χ0n) is 19.6. The van der Waals surface area contributed by atoms with E-state index in [2.05, 4.69) is 9.88 Å². The molecule has 186 valence electrons. The molecule has 2 aliphatic heterocycles. The van der Waals surface area contributed by atoms with E-state index in [4.69, 9.17) is 4.74 Å². The van der Waals surface area contributed by atoms with E-state index >= 15 is 0 Å². The molecule has 4 rings (SSSR count). The smallest absolute Gasteiger partial charge is 0.295 e. The number of carbonyl (C=O) groups is 2. The molecule has 1 aromatic carbocycles. The number of sulfonamides is 1. The summed E-state index contributed by atoms with van der Waals surface area (Å²) in [4.78, 5) is 34.0. The van der Waals surface area contributed by atoms with Crippen LogP contribution in [0.1, 0.15) is 17.2 Å². The van der Waals surface area contributed by atoms with E-state index in [0.717, 1.165) is 17.4 Å². The molecule has 2 fully saturated rings. The summed E-state index contributed by atoms with van der Waals surface area (Å²) in [7, 11) is -0.802. The summed E-state index contributed by atoms with van der Waals surface area (Å²) >= 11 is 0. The second-order valence-corrected chi connectivity index (χ2v) is 10.7. The molecule has 3 heterocycles. The van der Waals surface area contributed by atoms with Crippen LogP contribution in [0.3, 0.4) is 0 Å². The van der Waals surface area contributed by atoms with Crippen molar-refractivity contribution >= 4 is 27.5 Å². The fourth-order valence-corrected chi connectivity index (χ4v) is 5.12. The number of rotatable bonds is 7. The van der Waals surface area contributed by atoms with Crippen LogP contribution < -0.4 is 0 Å². The second kappa shape index (κ2) is 10.2. The van der Waals surface area contributed by atoms with E-state index in [-0.39, 0.29) is 21.8 Å². The highest BCUT2D eigenvalue weighted by Gasteiger charge is 2.46. The third-order valence-corrected chi connectivity index (χ3v) is 8.04. The Kier molecular flexibility index (Phi) is 7.31. The third-order valence-electron chi connectivity index (χ3n) is 6.21. The van der Waals surface area contributed by atoms with Crippen LogP contribution in [0.25, 0.3) is 5.76 Å². The number of likely N-dealkylation sites (tertiary alicyclic amines) is 1. The van der Waals surface area contributed by atoms with Crippen LogP contribution in [0.15, 0.2) is 59.3 Å². The molecule has 11 heteroatoms. The zero-order chi connectivity index (χ0) is 25.2. The van der Waals surface area contributed by atoms with Crippen molar-refractivity contribution in [3.63, 3.8) is 0 Å². The topological polar surface area (TPSA) is 120 Å². The summed E-state index contributed by atoms with van der Waals surface area (Å²) in [5.41, 5.74) is 0.790. The van der Waals surface area contributed by atoms with Crippen LogP contribution in [-0.2, 0) is 24.3 Å². The average Bonchev–Trinajstić information content (AvgIpc) is 3.13. The van der Waals surface area contributed by atoms with Gasteiger partial charge in [0.05, 0.1) is 29.7 Å². The Morgan fingerprint density at radius 3 is 2.40 bits per heavy atom. The summed E-state index contributed by atoms with van der Waals surface area (Å²) in [5, 5.41) is 11.2. The molecule has 0 unspecified atom stereocenters. The maximum atomic E-state index is 13.1. The summed E-state index contributed by atoms with van der Waals surface area (Å²) < 4.78 is 31.2. The van der Waals surface area contributed by atoms with Gasteiger partial charge in [-0.15, -0.1) is 0 Å². The van der Waals surface area contributed by atoms with E-state index in [9.17, 15) is 23.1 Å². The molecular formula is C24H28N4O6S. The van der Waals surface area contributed by atoms with Gasteiger partial charge in [-0.1, -0.05) is 6.07 Å². The van der Waals surface area contributed by atoms with Gasteiger partial charge in [0.2, 0.25) is 10.0 Å². The van der Waals surface area contributed by atoms with Crippen LogP contribution in [0.2, 0.25) is 0 Å². The van der Waals surface area contributed by atoms with Crippen LogP contribution >= 0.6 is 0 Å². The molecule has 0 aliphatic carbocycles. The lowest BCUT2D eigenvalue weighted by Crippen LogP contribution is -2.42. The normalized spacial score (nSPS) is 21.1. The van der Waals surface area contributed by atoms with Gasteiger partial charge in [-0.05, 0) is 35.9 Å².